The molecule has 0 amide bonds. The van der Waals surface area contributed by atoms with Gasteiger partial charge in [-0.2, -0.15) is 0 Å². The summed E-state index contributed by atoms with van der Waals surface area (Å²) in [6.45, 7) is 0. The molecule has 0 atom stereocenters. The van der Waals surface area contributed by atoms with E-state index in [4.69, 9.17) is 11.6 Å². The largest absolute Gasteiger partial charge is 0.307 e. The molecular weight excluding hydrogens is 285 g/mol. The maximum Gasteiger partial charge on any atom is 0.147 e. The summed E-state index contributed by atoms with van der Waals surface area (Å²) in [7, 11) is 0. The van der Waals surface area contributed by atoms with E-state index in [1.54, 1.807) is 6.07 Å². The Hall–Kier alpha value is -2.32. The van der Waals surface area contributed by atoms with Crippen molar-refractivity contribution in [2.75, 3.05) is 0 Å². The summed E-state index contributed by atoms with van der Waals surface area (Å²) in [4.78, 5) is 0. The molecule has 0 bridgehead atoms. The van der Waals surface area contributed by atoms with Crippen molar-refractivity contribution in [3.63, 3.8) is 0 Å². The van der Waals surface area contributed by atoms with Gasteiger partial charge in [-0.1, -0.05) is 41.9 Å². The number of halogens is 2. The van der Waals surface area contributed by atoms with Crippen LogP contribution in [0.2, 0.25) is 5.02 Å². The molecule has 102 valence electrons. The van der Waals surface area contributed by atoms with Crippen molar-refractivity contribution >= 4 is 33.4 Å². The molecule has 0 saturated carbocycles. The van der Waals surface area contributed by atoms with Gasteiger partial charge >= 0.3 is 0 Å². The lowest BCUT2D eigenvalue weighted by molar-refractivity contribution is 0.635. The quantitative estimate of drug-likeness (QED) is 0.432. The van der Waals surface area contributed by atoms with Gasteiger partial charge in [0.25, 0.3) is 0 Å². The topological polar surface area (TPSA) is 4.93 Å². The minimum atomic E-state index is -0.223. The van der Waals surface area contributed by atoms with Crippen LogP contribution in [0.15, 0.2) is 66.7 Å². The molecule has 21 heavy (non-hydrogen) atoms. The summed E-state index contributed by atoms with van der Waals surface area (Å²) in [6.07, 6.45) is 0. The van der Waals surface area contributed by atoms with Gasteiger partial charge < -0.3 is 4.57 Å². The first-order valence-corrected chi connectivity index (χ1v) is 7.07. The van der Waals surface area contributed by atoms with Crippen LogP contribution in [0.1, 0.15) is 0 Å². The van der Waals surface area contributed by atoms with Crippen LogP contribution in [0.4, 0.5) is 4.39 Å². The highest BCUT2D eigenvalue weighted by Gasteiger charge is 2.14. The number of fused-ring (bicyclic) bond motifs is 3. The van der Waals surface area contributed by atoms with Gasteiger partial charge in [0.05, 0.1) is 11.0 Å². The Morgan fingerprint density at radius 1 is 0.762 bits per heavy atom. The van der Waals surface area contributed by atoms with Crippen LogP contribution in [-0.4, -0.2) is 4.57 Å². The SMILES string of the molecule is Fc1cccc2c3ccccc3n(-c3ccc(Cl)cc3)c12. The van der Waals surface area contributed by atoms with Crippen LogP contribution in [-0.2, 0) is 0 Å². The fraction of sp³-hybridized carbons (Fsp3) is 0. The number of hydrogen-bond donors (Lipinski definition) is 0. The van der Waals surface area contributed by atoms with Crippen LogP contribution >= 0.6 is 11.6 Å². The summed E-state index contributed by atoms with van der Waals surface area (Å²) < 4.78 is 16.3. The smallest absolute Gasteiger partial charge is 0.147 e. The highest BCUT2D eigenvalue weighted by Crippen LogP contribution is 2.33. The molecule has 0 unspecified atom stereocenters. The number of aromatic nitrogens is 1. The minimum Gasteiger partial charge on any atom is -0.307 e. The lowest BCUT2D eigenvalue weighted by Gasteiger charge is -2.08. The summed E-state index contributed by atoms with van der Waals surface area (Å²) in [5, 5.41) is 2.63. The monoisotopic (exact) mass is 295 g/mol. The first kappa shape index (κ1) is 12.4. The molecule has 0 fully saturated rings. The Balaban J connectivity index is 2.21. The van der Waals surface area contributed by atoms with Gasteiger partial charge in [-0.05, 0) is 36.4 Å². The average Bonchev–Trinajstić information content (AvgIpc) is 2.84. The molecule has 0 aliphatic rings. The molecule has 0 radical (unpaired) electrons. The van der Waals surface area contributed by atoms with Gasteiger partial charge in [-0.15, -0.1) is 0 Å². The van der Waals surface area contributed by atoms with Crippen LogP contribution in [0.3, 0.4) is 0 Å². The van der Waals surface area contributed by atoms with Crippen LogP contribution in [0.5, 0.6) is 0 Å². The van der Waals surface area contributed by atoms with Gasteiger partial charge in [0.2, 0.25) is 0 Å². The third kappa shape index (κ3) is 1.83. The van der Waals surface area contributed by atoms with Gasteiger partial charge in [0.15, 0.2) is 0 Å². The van der Waals surface area contributed by atoms with Gasteiger partial charge in [0.1, 0.15) is 5.82 Å². The van der Waals surface area contributed by atoms with Gasteiger partial charge in [0, 0.05) is 21.5 Å². The van der Waals surface area contributed by atoms with Crippen LogP contribution < -0.4 is 0 Å². The Morgan fingerprint density at radius 3 is 2.29 bits per heavy atom. The predicted octanol–water partition coefficient (Wildman–Crippen LogP) is 5.58. The molecule has 1 heterocycles. The van der Waals surface area contributed by atoms with E-state index in [1.807, 2.05) is 59.2 Å². The molecule has 4 aromatic rings. The zero-order valence-electron chi connectivity index (χ0n) is 11.1. The molecule has 0 aliphatic carbocycles. The lowest BCUT2D eigenvalue weighted by atomic mass is 10.1. The van der Waals surface area contributed by atoms with Crippen molar-refractivity contribution < 1.29 is 4.39 Å². The van der Waals surface area contributed by atoms with Crippen LogP contribution in [0.25, 0.3) is 27.5 Å². The Bertz CT molecular complexity index is 954. The molecule has 1 nitrogen and oxygen atoms in total. The van der Waals surface area contributed by atoms with Gasteiger partial charge in [-0.3, -0.25) is 0 Å². The third-order valence-corrected chi connectivity index (χ3v) is 3.98. The minimum absolute atomic E-state index is 0.223. The summed E-state index contributed by atoms with van der Waals surface area (Å²) >= 11 is 5.96. The van der Waals surface area contributed by atoms with Crippen molar-refractivity contribution in [3.8, 4) is 5.69 Å². The van der Waals surface area contributed by atoms with Crippen molar-refractivity contribution in [1.29, 1.82) is 0 Å². The maximum absolute atomic E-state index is 14.4. The fourth-order valence-corrected chi connectivity index (χ4v) is 2.96. The van der Waals surface area contributed by atoms with Crippen molar-refractivity contribution in [1.82, 2.24) is 4.57 Å². The fourth-order valence-electron chi connectivity index (χ4n) is 2.84. The van der Waals surface area contributed by atoms with Crippen molar-refractivity contribution in [3.05, 3.63) is 77.6 Å². The average molecular weight is 296 g/mol. The number of para-hydroxylation sites is 2. The molecule has 0 aliphatic heterocycles. The second kappa shape index (κ2) is 4.61. The van der Waals surface area contributed by atoms with E-state index in [1.165, 1.54) is 6.07 Å². The molecule has 0 N–H and O–H groups in total. The zero-order valence-corrected chi connectivity index (χ0v) is 11.8. The zero-order chi connectivity index (χ0) is 14.4. The van der Waals surface area contributed by atoms with E-state index in [0.29, 0.717) is 10.5 Å². The Kier molecular flexibility index (Phi) is 2.72. The molecule has 4 rings (SSSR count). The Morgan fingerprint density at radius 2 is 1.48 bits per heavy atom. The second-order valence-electron chi connectivity index (χ2n) is 4.96. The Labute approximate surface area is 126 Å². The normalized spacial score (nSPS) is 11.3. The number of nitrogens with zero attached hydrogens (tertiary/aromatic N) is 1. The predicted molar refractivity (Wildman–Crippen MR) is 85.7 cm³/mol. The van der Waals surface area contributed by atoms with E-state index in [0.717, 1.165) is 22.0 Å². The highest BCUT2D eigenvalue weighted by molar-refractivity contribution is 6.30. The van der Waals surface area contributed by atoms with E-state index >= 15 is 0 Å². The standard InChI is InChI=1S/C18H11ClFN/c19-12-8-10-13(11-9-12)21-17-7-2-1-4-14(17)15-5-3-6-16(20)18(15)21/h1-11H. The molecule has 3 heteroatoms. The van der Waals surface area contributed by atoms with Crippen molar-refractivity contribution in [2.45, 2.75) is 0 Å². The number of rotatable bonds is 1. The molecule has 0 spiro atoms. The highest BCUT2D eigenvalue weighted by atomic mass is 35.5. The molecule has 0 saturated heterocycles. The van der Waals surface area contributed by atoms with E-state index in [-0.39, 0.29) is 5.82 Å². The second-order valence-corrected chi connectivity index (χ2v) is 5.40. The van der Waals surface area contributed by atoms with Gasteiger partial charge in [-0.25, -0.2) is 4.39 Å². The summed E-state index contributed by atoms with van der Waals surface area (Å²) in [6, 6.07) is 20.6. The summed E-state index contributed by atoms with van der Waals surface area (Å²) in [5.74, 6) is -0.223. The molecule has 3 aromatic carbocycles. The molecular formula is C18H11ClFN. The van der Waals surface area contributed by atoms with Crippen LogP contribution in [0, 0.1) is 5.82 Å². The number of benzene rings is 3. The first-order valence-electron chi connectivity index (χ1n) is 6.69. The van der Waals surface area contributed by atoms with Crippen molar-refractivity contribution in [2.24, 2.45) is 0 Å². The number of hydrogen-bond acceptors (Lipinski definition) is 0. The lowest BCUT2D eigenvalue weighted by Crippen LogP contribution is -1.95. The molecule has 1 aromatic heterocycles. The maximum atomic E-state index is 14.4. The first-order chi connectivity index (χ1) is 10.3. The van der Waals surface area contributed by atoms with E-state index < -0.39 is 0 Å². The summed E-state index contributed by atoms with van der Waals surface area (Å²) in [5.41, 5.74) is 2.48. The van der Waals surface area contributed by atoms with E-state index in [9.17, 15) is 4.39 Å². The third-order valence-electron chi connectivity index (χ3n) is 3.73. The van der Waals surface area contributed by atoms with E-state index in [2.05, 4.69) is 0 Å².